The molecule has 2 heterocycles. The standard InChI is InChI=1S/C14H8N2.10H2N.2Ru/c1-2-10-6-16-8-12-4-3-11-7-15-5-9(1)13(11)14(10)12;;;;;;;;;;;;/h1-8H;10*1H2;;/q;10*-1;2*+5. The molecule has 14 heteroatoms. The molecule has 0 aliphatic rings. The first-order valence-electron chi connectivity index (χ1n) is 5.26. The molecule has 20 N–H and O–H groups in total. The van der Waals surface area contributed by atoms with Gasteiger partial charge in [0.05, 0.1) is 0 Å². The Kier molecular flexibility index (Phi) is 44.1. The molecular weight excluding hydrogens is 538 g/mol. The van der Waals surface area contributed by atoms with E-state index in [0.717, 1.165) is 0 Å². The summed E-state index contributed by atoms with van der Waals surface area (Å²) in [6, 6.07) is 8.44. The van der Waals surface area contributed by atoms with Crippen molar-refractivity contribution in [2.45, 2.75) is 0 Å². The summed E-state index contributed by atoms with van der Waals surface area (Å²) in [5, 5.41) is 7.38. The predicted molar refractivity (Wildman–Crippen MR) is 119 cm³/mol. The number of nitrogens with two attached hydrogens (primary N) is 10. The van der Waals surface area contributed by atoms with Gasteiger partial charge >= 0.3 is 39.0 Å². The number of hydrogen-bond donors (Lipinski definition) is 0. The van der Waals surface area contributed by atoms with Crippen LogP contribution in [0.5, 0.6) is 0 Å². The molecule has 0 saturated heterocycles. The topological polar surface area (TPSA) is 361 Å². The van der Waals surface area contributed by atoms with Crippen molar-refractivity contribution in [1.82, 2.24) is 9.97 Å². The Morgan fingerprint density at radius 3 is 0.714 bits per heavy atom. The maximum Gasteiger partial charge on any atom is 5.00 e. The van der Waals surface area contributed by atoms with E-state index < -0.39 is 0 Å². The third kappa shape index (κ3) is 8.33. The first kappa shape index (κ1) is 56.3. The van der Waals surface area contributed by atoms with Crippen molar-refractivity contribution in [3.8, 4) is 0 Å². The van der Waals surface area contributed by atoms with Crippen LogP contribution in [0, 0.1) is 0 Å². The smallest absolute Gasteiger partial charge is 0.693 e. The summed E-state index contributed by atoms with van der Waals surface area (Å²) in [5.74, 6) is 0. The summed E-state index contributed by atoms with van der Waals surface area (Å²) in [6.07, 6.45) is 7.67. The van der Waals surface area contributed by atoms with E-state index in [9.17, 15) is 0 Å². The molecule has 160 valence electrons. The summed E-state index contributed by atoms with van der Waals surface area (Å²) in [4.78, 5) is 8.51. The Balaban J connectivity index is -0.0000000430. The van der Waals surface area contributed by atoms with Crippen LogP contribution >= 0.6 is 0 Å². The van der Waals surface area contributed by atoms with E-state index in [1.165, 1.54) is 32.3 Å². The van der Waals surface area contributed by atoms with Crippen molar-refractivity contribution in [2.24, 2.45) is 0 Å². The summed E-state index contributed by atoms with van der Waals surface area (Å²) in [7, 11) is 0. The fourth-order valence-corrected chi connectivity index (χ4v) is 2.43. The number of rotatable bonds is 0. The molecular formula is C14H28N12Ru2. The molecule has 4 rings (SSSR count). The van der Waals surface area contributed by atoms with Gasteiger partial charge in [-0.15, -0.1) is 0 Å². The van der Waals surface area contributed by atoms with Crippen molar-refractivity contribution in [3.05, 3.63) is 111 Å². The Labute approximate surface area is 191 Å². The van der Waals surface area contributed by atoms with Crippen LogP contribution in [0.25, 0.3) is 93.8 Å². The molecule has 28 heavy (non-hydrogen) atoms. The number of pyridine rings is 2. The minimum absolute atomic E-state index is 0. The zero-order valence-corrected chi connectivity index (χ0v) is 18.5. The molecule has 0 bridgehead atoms. The quantitative estimate of drug-likeness (QED) is 0.148. The molecule has 4 aromatic rings. The molecule has 0 amide bonds. The van der Waals surface area contributed by atoms with Crippen LogP contribution in [0.3, 0.4) is 0 Å². The second-order valence-corrected chi connectivity index (χ2v) is 4.05. The summed E-state index contributed by atoms with van der Waals surface area (Å²) in [5.41, 5.74) is 0. The average Bonchev–Trinajstić information content (AvgIpc) is 2.36. The Bertz CT molecular complexity index is 703. The van der Waals surface area contributed by atoms with Gasteiger partial charge in [0.25, 0.3) is 0 Å². The molecule has 0 saturated carbocycles. The van der Waals surface area contributed by atoms with Gasteiger partial charge < -0.3 is 61.5 Å². The average molecular weight is 567 g/mol. The van der Waals surface area contributed by atoms with E-state index in [2.05, 4.69) is 34.2 Å². The normalized spacial score (nSPS) is 6.71. The van der Waals surface area contributed by atoms with Crippen LogP contribution in [0.1, 0.15) is 0 Å². The van der Waals surface area contributed by atoms with E-state index in [0.29, 0.717) is 0 Å². The van der Waals surface area contributed by atoms with Crippen LogP contribution in [0.4, 0.5) is 0 Å². The molecule has 2 aromatic heterocycles. The minimum Gasteiger partial charge on any atom is -0.693 e. The maximum atomic E-state index is 4.25. The van der Waals surface area contributed by atoms with Crippen LogP contribution in [0.2, 0.25) is 0 Å². The molecule has 0 unspecified atom stereocenters. The van der Waals surface area contributed by atoms with Crippen LogP contribution in [-0.2, 0) is 39.0 Å². The first-order chi connectivity index (χ1) is 7.93. The second-order valence-electron chi connectivity index (χ2n) is 4.05. The van der Waals surface area contributed by atoms with Crippen molar-refractivity contribution < 1.29 is 39.0 Å². The fraction of sp³-hybridized carbons (Fsp3) is 0. The zero-order chi connectivity index (χ0) is 10.5. The Morgan fingerprint density at radius 1 is 0.357 bits per heavy atom. The van der Waals surface area contributed by atoms with E-state index in [-0.39, 0.29) is 100 Å². The van der Waals surface area contributed by atoms with Crippen molar-refractivity contribution in [1.29, 1.82) is 0 Å². The van der Waals surface area contributed by atoms with Crippen LogP contribution in [-0.4, -0.2) is 9.97 Å². The van der Waals surface area contributed by atoms with Gasteiger partial charge in [0.1, 0.15) is 0 Å². The summed E-state index contributed by atoms with van der Waals surface area (Å²) < 4.78 is 0. The van der Waals surface area contributed by atoms with Gasteiger partial charge in [-0.05, 0) is 0 Å². The summed E-state index contributed by atoms with van der Waals surface area (Å²) in [6.45, 7) is 0. The van der Waals surface area contributed by atoms with Gasteiger partial charge in [0.2, 0.25) is 0 Å². The summed E-state index contributed by atoms with van der Waals surface area (Å²) >= 11 is 0. The number of aromatic nitrogens is 2. The van der Waals surface area contributed by atoms with Gasteiger partial charge in [-0.2, -0.15) is 0 Å². The molecule has 0 atom stereocenters. The van der Waals surface area contributed by atoms with Gasteiger partial charge in [0.15, 0.2) is 0 Å². The van der Waals surface area contributed by atoms with Gasteiger partial charge in [-0.1, -0.05) is 24.3 Å². The Morgan fingerprint density at radius 2 is 0.536 bits per heavy atom. The SMILES string of the molecule is [NH2-].[NH2-].[NH2-].[NH2-].[NH2-].[NH2-].[NH2-].[NH2-].[NH2-].[NH2-].[Ru+5].[Ru+5].c1cc2cncc3ccc4cncc1c4c23. The zero-order valence-electron chi connectivity index (χ0n) is 15.0. The van der Waals surface area contributed by atoms with Gasteiger partial charge in [-0.3, -0.25) is 9.97 Å². The first-order valence-corrected chi connectivity index (χ1v) is 5.26. The third-order valence-electron chi connectivity index (χ3n) is 3.14. The van der Waals surface area contributed by atoms with E-state index in [4.69, 9.17) is 0 Å². The fourth-order valence-electron chi connectivity index (χ4n) is 2.43. The maximum absolute atomic E-state index is 4.25. The van der Waals surface area contributed by atoms with Gasteiger partial charge in [0, 0.05) is 57.1 Å². The number of benzene rings is 2. The monoisotopic (exact) mass is 568 g/mol. The van der Waals surface area contributed by atoms with Crippen LogP contribution < -0.4 is 0 Å². The molecule has 2 aromatic carbocycles. The largest absolute Gasteiger partial charge is 5.00 e. The molecule has 0 spiro atoms. The Hall–Kier alpha value is -1.37. The van der Waals surface area contributed by atoms with Crippen molar-refractivity contribution in [2.75, 3.05) is 0 Å². The van der Waals surface area contributed by atoms with Gasteiger partial charge in [-0.25, -0.2) is 0 Å². The molecule has 12 nitrogen and oxygen atoms in total. The van der Waals surface area contributed by atoms with Crippen molar-refractivity contribution >= 4 is 32.3 Å². The predicted octanol–water partition coefficient (Wildman–Crippen LogP) is 10.5. The molecule has 2 radical (unpaired) electrons. The molecule has 0 fully saturated rings. The third-order valence-corrected chi connectivity index (χ3v) is 3.14. The molecule has 0 aliphatic carbocycles. The number of nitrogens with zero attached hydrogens (tertiary/aromatic N) is 2. The van der Waals surface area contributed by atoms with E-state index in [1.807, 2.05) is 24.8 Å². The second kappa shape index (κ2) is 21.9. The van der Waals surface area contributed by atoms with Crippen LogP contribution in [0.15, 0.2) is 49.1 Å². The minimum atomic E-state index is 0. The number of hydrogen-bond acceptors (Lipinski definition) is 2. The molecule has 0 aliphatic heterocycles. The van der Waals surface area contributed by atoms with Crippen molar-refractivity contribution in [3.63, 3.8) is 0 Å². The van der Waals surface area contributed by atoms with E-state index in [1.54, 1.807) is 0 Å². The van der Waals surface area contributed by atoms with E-state index >= 15 is 0 Å².